The fourth-order valence-corrected chi connectivity index (χ4v) is 2.19. The molecule has 0 aliphatic carbocycles. The molecule has 0 aliphatic heterocycles. The molecule has 2 aromatic rings. The van der Waals surface area contributed by atoms with Gasteiger partial charge in [0.2, 0.25) is 5.91 Å². The maximum atomic E-state index is 11.9. The van der Waals surface area contributed by atoms with Gasteiger partial charge in [0.15, 0.2) is 0 Å². The number of nitrogens with one attached hydrogen (secondary N) is 1. The van der Waals surface area contributed by atoms with Crippen LogP contribution in [0.5, 0.6) is 0 Å². The molecule has 19 heavy (non-hydrogen) atoms. The molecule has 5 nitrogen and oxygen atoms in total. The van der Waals surface area contributed by atoms with E-state index < -0.39 is 0 Å². The lowest BCUT2D eigenvalue weighted by atomic mass is 10.3. The summed E-state index contributed by atoms with van der Waals surface area (Å²) in [6.45, 7) is 1.96. The SMILES string of the molecule is Cc1ccnn1CC(=O)Nc1c(Cl)cc(N)cc1Cl. The monoisotopic (exact) mass is 298 g/mol. The van der Waals surface area contributed by atoms with E-state index in [-0.39, 0.29) is 12.5 Å². The predicted octanol–water partition coefficient (Wildman–Crippen LogP) is 2.72. The fraction of sp³-hybridized carbons (Fsp3) is 0.167. The number of nitrogens with zero attached hydrogens (tertiary/aromatic N) is 2. The summed E-state index contributed by atoms with van der Waals surface area (Å²) in [5.41, 5.74) is 7.28. The average Bonchev–Trinajstić information content (AvgIpc) is 2.69. The second-order valence-electron chi connectivity index (χ2n) is 4.04. The molecule has 1 amide bonds. The molecule has 0 unspecified atom stereocenters. The third-order valence-electron chi connectivity index (χ3n) is 2.55. The van der Waals surface area contributed by atoms with Crippen molar-refractivity contribution in [2.24, 2.45) is 0 Å². The minimum Gasteiger partial charge on any atom is -0.399 e. The Balaban J connectivity index is 2.14. The van der Waals surface area contributed by atoms with Crippen molar-refractivity contribution in [2.75, 3.05) is 11.1 Å². The smallest absolute Gasteiger partial charge is 0.246 e. The lowest BCUT2D eigenvalue weighted by molar-refractivity contribution is -0.116. The molecule has 0 aliphatic rings. The van der Waals surface area contributed by atoms with E-state index in [0.29, 0.717) is 21.4 Å². The van der Waals surface area contributed by atoms with Crippen LogP contribution in [0.4, 0.5) is 11.4 Å². The van der Waals surface area contributed by atoms with Crippen molar-refractivity contribution >= 4 is 40.5 Å². The first kappa shape index (κ1) is 13.7. The van der Waals surface area contributed by atoms with E-state index in [1.807, 2.05) is 13.0 Å². The van der Waals surface area contributed by atoms with Gasteiger partial charge in [0.25, 0.3) is 0 Å². The van der Waals surface area contributed by atoms with Crippen LogP contribution >= 0.6 is 23.2 Å². The second-order valence-corrected chi connectivity index (χ2v) is 4.85. The zero-order valence-corrected chi connectivity index (χ0v) is 11.7. The molecule has 7 heteroatoms. The number of aromatic nitrogens is 2. The average molecular weight is 299 g/mol. The van der Waals surface area contributed by atoms with Gasteiger partial charge in [-0.05, 0) is 25.1 Å². The van der Waals surface area contributed by atoms with Crippen molar-refractivity contribution in [1.29, 1.82) is 0 Å². The number of aryl methyl sites for hydroxylation is 1. The van der Waals surface area contributed by atoms with Crippen LogP contribution in [0.25, 0.3) is 0 Å². The van der Waals surface area contributed by atoms with E-state index in [0.717, 1.165) is 5.69 Å². The van der Waals surface area contributed by atoms with E-state index in [1.54, 1.807) is 10.9 Å². The summed E-state index contributed by atoms with van der Waals surface area (Å²) in [4.78, 5) is 11.9. The van der Waals surface area contributed by atoms with Gasteiger partial charge in [-0.1, -0.05) is 23.2 Å². The zero-order valence-electron chi connectivity index (χ0n) is 10.2. The maximum Gasteiger partial charge on any atom is 0.246 e. The highest BCUT2D eigenvalue weighted by atomic mass is 35.5. The Kier molecular flexibility index (Phi) is 3.97. The van der Waals surface area contributed by atoms with Crippen LogP contribution in [0.3, 0.4) is 0 Å². The molecule has 0 bridgehead atoms. The number of hydrogen-bond donors (Lipinski definition) is 2. The van der Waals surface area contributed by atoms with Crippen LogP contribution in [0.2, 0.25) is 10.0 Å². The number of hydrogen-bond acceptors (Lipinski definition) is 3. The molecule has 0 radical (unpaired) electrons. The highest BCUT2D eigenvalue weighted by molar-refractivity contribution is 6.40. The Labute approximate surface area is 120 Å². The van der Waals surface area contributed by atoms with E-state index in [4.69, 9.17) is 28.9 Å². The van der Waals surface area contributed by atoms with Gasteiger partial charge >= 0.3 is 0 Å². The van der Waals surface area contributed by atoms with Crippen molar-refractivity contribution in [3.63, 3.8) is 0 Å². The summed E-state index contributed by atoms with van der Waals surface area (Å²) < 4.78 is 1.58. The number of halogens is 2. The summed E-state index contributed by atoms with van der Waals surface area (Å²) in [7, 11) is 0. The van der Waals surface area contributed by atoms with Gasteiger partial charge in [0, 0.05) is 17.6 Å². The van der Waals surface area contributed by atoms with Crippen LogP contribution in [0.1, 0.15) is 5.69 Å². The largest absolute Gasteiger partial charge is 0.399 e. The summed E-state index contributed by atoms with van der Waals surface area (Å²) in [6, 6.07) is 4.88. The van der Waals surface area contributed by atoms with Crippen LogP contribution < -0.4 is 11.1 Å². The Morgan fingerprint density at radius 1 is 1.42 bits per heavy atom. The van der Waals surface area contributed by atoms with Gasteiger partial charge in [-0.3, -0.25) is 9.48 Å². The van der Waals surface area contributed by atoms with E-state index in [1.165, 1.54) is 12.1 Å². The van der Waals surface area contributed by atoms with Crippen LogP contribution in [0.15, 0.2) is 24.4 Å². The zero-order chi connectivity index (χ0) is 14.0. The van der Waals surface area contributed by atoms with Crippen molar-refractivity contribution < 1.29 is 4.79 Å². The number of carbonyl (C=O) groups is 1. The highest BCUT2D eigenvalue weighted by Crippen LogP contribution is 2.32. The van der Waals surface area contributed by atoms with Crippen molar-refractivity contribution in [1.82, 2.24) is 9.78 Å². The Bertz CT molecular complexity index is 601. The third kappa shape index (κ3) is 3.19. The number of carbonyl (C=O) groups excluding carboxylic acids is 1. The highest BCUT2D eigenvalue weighted by Gasteiger charge is 2.12. The molecule has 0 atom stereocenters. The number of benzene rings is 1. The summed E-state index contributed by atoms with van der Waals surface area (Å²) in [6.07, 6.45) is 1.63. The standard InChI is InChI=1S/C12H12Cl2N4O/c1-7-2-3-16-18(7)6-11(19)17-12-9(13)4-8(15)5-10(12)14/h2-5H,6,15H2,1H3,(H,17,19). The number of nitrogens with two attached hydrogens (primary N) is 1. The number of rotatable bonds is 3. The lowest BCUT2D eigenvalue weighted by Crippen LogP contribution is -2.20. The van der Waals surface area contributed by atoms with Gasteiger partial charge in [0.1, 0.15) is 6.54 Å². The molecular weight excluding hydrogens is 287 g/mol. The Hall–Kier alpha value is -1.72. The fourth-order valence-electron chi connectivity index (χ4n) is 1.59. The van der Waals surface area contributed by atoms with Gasteiger partial charge in [-0.25, -0.2) is 0 Å². The summed E-state index contributed by atoms with van der Waals surface area (Å²) >= 11 is 12.0. The Morgan fingerprint density at radius 3 is 2.58 bits per heavy atom. The van der Waals surface area contributed by atoms with Gasteiger partial charge in [-0.15, -0.1) is 0 Å². The number of anilines is 2. The van der Waals surface area contributed by atoms with E-state index in [2.05, 4.69) is 10.4 Å². The first-order chi connectivity index (χ1) is 8.97. The molecule has 100 valence electrons. The summed E-state index contributed by atoms with van der Waals surface area (Å²) in [5, 5.41) is 7.28. The molecule has 0 saturated heterocycles. The molecule has 3 N–H and O–H groups in total. The van der Waals surface area contributed by atoms with Crippen LogP contribution in [-0.2, 0) is 11.3 Å². The molecule has 1 heterocycles. The first-order valence-corrected chi connectivity index (χ1v) is 6.25. The topological polar surface area (TPSA) is 72.9 Å². The number of amides is 1. The molecule has 2 rings (SSSR count). The molecule has 1 aromatic carbocycles. The first-order valence-electron chi connectivity index (χ1n) is 5.50. The summed E-state index contributed by atoms with van der Waals surface area (Å²) in [5.74, 6) is -0.264. The van der Waals surface area contributed by atoms with Gasteiger partial charge in [0.05, 0.1) is 15.7 Å². The molecule has 0 fully saturated rings. The second kappa shape index (κ2) is 5.50. The third-order valence-corrected chi connectivity index (χ3v) is 3.15. The normalized spacial score (nSPS) is 10.5. The van der Waals surface area contributed by atoms with E-state index in [9.17, 15) is 4.79 Å². The van der Waals surface area contributed by atoms with Gasteiger partial charge in [-0.2, -0.15) is 5.10 Å². The van der Waals surface area contributed by atoms with E-state index >= 15 is 0 Å². The predicted molar refractivity (Wildman–Crippen MR) is 76.5 cm³/mol. The van der Waals surface area contributed by atoms with Crippen LogP contribution in [-0.4, -0.2) is 15.7 Å². The van der Waals surface area contributed by atoms with Crippen molar-refractivity contribution in [2.45, 2.75) is 13.5 Å². The minimum absolute atomic E-state index is 0.0931. The van der Waals surface area contributed by atoms with Crippen molar-refractivity contribution in [3.05, 3.63) is 40.1 Å². The maximum absolute atomic E-state index is 11.9. The minimum atomic E-state index is -0.264. The Morgan fingerprint density at radius 2 is 2.05 bits per heavy atom. The number of nitrogen functional groups attached to an aromatic ring is 1. The lowest BCUT2D eigenvalue weighted by Gasteiger charge is -2.10. The molecular formula is C12H12Cl2N4O. The van der Waals surface area contributed by atoms with Gasteiger partial charge < -0.3 is 11.1 Å². The molecule has 0 saturated carbocycles. The van der Waals surface area contributed by atoms with Crippen molar-refractivity contribution in [3.8, 4) is 0 Å². The quantitative estimate of drug-likeness (QED) is 0.856. The molecule has 1 aromatic heterocycles. The van der Waals surface area contributed by atoms with Crippen LogP contribution in [0, 0.1) is 6.92 Å². The molecule has 0 spiro atoms.